The first-order chi connectivity index (χ1) is 16.0. The van der Waals surface area contributed by atoms with E-state index in [9.17, 15) is 19.1 Å². The van der Waals surface area contributed by atoms with E-state index in [2.05, 4.69) is 10.4 Å². The molecule has 1 aromatic heterocycles. The van der Waals surface area contributed by atoms with Gasteiger partial charge < -0.3 is 15.2 Å². The number of carbonyl (C=O) groups is 1. The van der Waals surface area contributed by atoms with Crippen LogP contribution in [0.25, 0.3) is 5.69 Å². The van der Waals surface area contributed by atoms with E-state index in [4.69, 9.17) is 16.3 Å². The van der Waals surface area contributed by atoms with Crippen LogP contribution in [0.15, 0.2) is 35.1 Å². The van der Waals surface area contributed by atoms with E-state index in [1.54, 1.807) is 0 Å². The Hall–Kier alpha value is -3.24. The second-order valence-corrected chi connectivity index (χ2v) is 8.60. The first-order valence-electron chi connectivity index (χ1n) is 10.6. The lowest BCUT2D eigenvalue weighted by Crippen LogP contribution is -2.26. The first kappa shape index (κ1) is 25.4. The summed E-state index contributed by atoms with van der Waals surface area (Å²) in [6.07, 6.45) is 1.45. The zero-order chi connectivity index (χ0) is 25.2. The highest BCUT2D eigenvalue weighted by Crippen LogP contribution is 2.29. The number of amides is 1. The van der Waals surface area contributed by atoms with Crippen LogP contribution in [0.1, 0.15) is 49.8 Å². The van der Waals surface area contributed by atoms with Crippen LogP contribution in [0.5, 0.6) is 5.75 Å². The van der Waals surface area contributed by atoms with E-state index in [1.165, 1.54) is 39.1 Å². The van der Waals surface area contributed by atoms with Crippen molar-refractivity contribution in [1.29, 1.82) is 0 Å². The maximum absolute atomic E-state index is 15.2. The average molecular weight is 495 g/mol. The maximum Gasteiger partial charge on any atom is 0.350 e. The molecule has 0 aliphatic rings. The fourth-order valence-corrected chi connectivity index (χ4v) is 3.46. The molecule has 1 heterocycles. The molecule has 0 fully saturated rings. The topological polar surface area (TPSA) is 98.4 Å². The maximum atomic E-state index is 15.2. The number of anilines is 1. The minimum Gasteiger partial charge on any atom is -0.493 e. The molecule has 34 heavy (non-hydrogen) atoms. The molecule has 3 rings (SSSR count). The quantitative estimate of drug-likeness (QED) is 0.458. The van der Waals surface area contributed by atoms with Crippen molar-refractivity contribution in [2.75, 3.05) is 11.9 Å². The summed E-state index contributed by atoms with van der Waals surface area (Å²) in [6, 6.07) is 5.96. The Morgan fingerprint density at radius 1 is 1.26 bits per heavy atom. The zero-order valence-electron chi connectivity index (χ0n) is 19.2. The number of ether oxygens (including phenoxy) is 1. The molecule has 0 unspecified atom stereocenters. The van der Waals surface area contributed by atoms with Crippen molar-refractivity contribution in [2.45, 2.75) is 39.2 Å². The van der Waals surface area contributed by atoms with Crippen molar-refractivity contribution in [1.82, 2.24) is 14.3 Å². The summed E-state index contributed by atoms with van der Waals surface area (Å²) in [4.78, 5) is 25.6. The van der Waals surface area contributed by atoms with Crippen molar-refractivity contribution < 1.29 is 23.4 Å². The van der Waals surface area contributed by atoms with Crippen molar-refractivity contribution in [3.05, 3.63) is 68.9 Å². The third kappa shape index (κ3) is 5.13. The Labute approximate surface area is 199 Å². The predicted octanol–water partition coefficient (Wildman–Crippen LogP) is 4.16. The largest absolute Gasteiger partial charge is 0.493 e. The highest BCUT2D eigenvalue weighted by atomic mass is 35.5. The van der Waals surface area contributed by atoms with Gasteiger partial charge in [-0.1, -0.05) is 31.0 Å². The third-order valence-electron chi connectivity index (χ3n) is 5.01. The van der Waals surface area contributed by atoms with E-state index in [0.29, 0.717) is 6.42 Å². The third-order valence-corrected chi connectivity index (χ3v) is 5.32. The van der Waals surface area contributed by atoms with Crippen LogP contribution < -0.4 is 15.7 Å². The molecule has 0 atom stereocenters. The van der Waals surface area contributed by atoms with Crippen LogP contribution in [0.2, 0.25) is 5.02 Å². The predicted molar refractivity (Wildman–Crippen MR) is 124 cm³/mol. The van der Waals surface area contributed by atoms with Gasteiger partial charge in [-0.3, -0.25) is 9.36 Å². The minimum absolute atomic E-state index is 0.0152. The number of aromatic nitrogens is 3. The minimum atomic E-state index is -1.46. The molecule has 0 saturated carbocycles. The van der Waals surface area contributed by atoms with Crippen LogP contribution in [0, 0.1) is 11.6 Å². The molecule has 0 spiro atoms. The summed E-state index contributed by atoms with van der Waals surface area (Å²) < 4.78 is 36.9. The van der Waals surface area contributed by atoms with E-state index >= 15 is 4.39 Å². The monoisotopic (exact) mass is 494 g/mol. The number of hydrogen-bond donors (Lipinski definition) is 2. The van der Waals surface area contributed by atoms with Gasteiger partial charge in [-0.05, 0) is 38.5 Å². The van der Waals surface area contributed by atoms with Gasteiger partial charge in [0.25, 0.3) is 5.91 Å². The molecular formula is C23H25ClF2N4O4. The second kappa shape index (κ2) is 9.94. The van der Waals surface area contributed by atoms with Crippen LogP contribution in [0.3, 0.4) is 0 Å². The number of halogens is 3. The van der Waals surface area contributed by atoms with Crippen LogP contribution in [0.4, 0.5) is 14.5 Å². The summed E-state index contributed by atoms with van der Waals surface area (Å²) in [7, 11) is 1.40. The van der Waals surface area contributed by atoms with E-state index in [1.807, 2.05) is 6.92 Å². The van der Waals surface area contributed by atoms with Gasteiger partial charge in [0, 0.05) is 13.1 Å². The fraction of sp³-hybridized carbons (Fsp3) is 0.348. The van der Waals surface area contributed by atoms with Crippen molar-refractivity contribution in [3.8, 4) is 11.4 Å². The summed E-state index contributed by atoms with van der Waals surface area (Å²) >= 11 is 5.98. The molecule has 0 radical (unpaired) electrons. The Morgan fingerprint density at radius 2 is 1.97 bits per heavy atom. The van der Waals surface area contributed by atoms with E-state index < -0.39 is 28.8 Å². The molecule has 0 aliphatic carbocycles. The molecule has 2 N–H and O–H groups in total. The Bertz CT molecular complexity index is 1260. The average Bonchev–Trinajstić information content (AvgIpc) is 3.06. The van der Waals surface area contributed by atoms with Crippen LogP contribution in [-0.2, 0) is 12.6 Å². The van der Waals surface area contributed by atoms with Gasteiger partial charge in [0.05, 0.1) is 22.9 Å². The zero-order valence-corrected chi connectivity index (χ0v) is 19.9. The molecule has 0 aliphatic heterocycles. The lowest BCUT2D eigenvalue weighted by Gasteiger charge is -2.15. The number of aliphatic hydroxyl groups is 1. The van der Waals surface area contributed by atoms with Gasteiger partial charge in [-0.15, -0.1) is 5.10 Å². The second-order valence-electron chi connectivity index (χ2n) is 8.19. The van der Waals surface area contributed by atoms with Crippen LogP contribution in [-0.4, -0.2) is 32.0 Å². The Morgan fingerprint density at radius 3 is 2.56 bits per heavy atom. The van der Waals surface area contributed by atoms with Crippen LogP contribution >= 0.6 is 11.6 Å². The lowest BCUT2D eigenvalue weighted by molar-refractivity contribution is 0.0649. The summed E-state index contributed by atoms with van der Waals surface area (Å²) in [6.45, 7) is 5.04. The number of nitrogens with one attached hydrogen (secondary N) is 1. The normalized spacial score (nSPS) is 11.5. The van der Waals surface area contributed by atoms with Crippen molar-refractivity contribution >= 4 is 23.2 Å². The highest BCUT2D eigenvalue weighted by Gasteiger charge is 2.27. The summed E-state index contributed by atoms with van der Waals surface area (Å²) in [5.74, 6) is -2.58. The molecule has 182 valence electrons. The molecule has 0 saturated heterocycles. The molecule has 1 amide bonds. The smallest absolute Gasteiger partial charge is 0.350 e. The molecule has 2 aromatic carbocycles. The summed E-state index contributed by atoms with van der Waals surface area (Å²) in [5.41, 5.74) is -2.92. The molecule has 0 bridgehead atoms. The van der Waals surface area contributed by atoms with Gasteiger partial charge >= 0.3 is 5.69 Å². The molecule has 8 nitrogen and oxygen atoms in total. The number of nitrogens with zero attached hydrogens (tertiary/aromatic N) is 3. The first-order valence-corrected chi connectivity index (χ1v) is 10.9. The number of benzene rings is 2. The van der Waals surface area contributed by atoms with Gasteiger partial charge in [0.1, 0.15) is 28.7 Å². The number of rotatable bonds is 8. The van der Waals surface area contributed by atoms with E-state index in [0.717, 1.165) is 27.8 Å². The molecule has 11 heteroatoms. The van der Waals surface area contributed by atoms with Gasteiger partial charge in [0.15, 0.2) is 5.82 Å². The van der Waals surface area contributed by atoms with Gasteiger partial charge in [-0.2, -0.15) is 4.68 Å². The highest BCUT2D eigenvalue weighted by molar-refractivity contribution is 6.34. The SMILES string of the molecule is CCCCOc1cc(-n2nc(C(C)(C)O)n(C)c2=O)c(F)cc1C(=O)Nc1c(F)cccc1Cl. The Kier molecular flexibility index (Phi) is 7.42. The number of carbonyl (C=O) groups excluding carboxylic acids is 1. The lowest BCUT2D eigenvalue weighted by atomic mass is 10.1. The Balaban J connectivity index is 2.10. The standard InChI is InChI=1S/C23H25ClF2N4O4/c1-5-6-10-34-18-12-17(30-22(32)29(4)21(28-30)23(2,3)33)16(26)11-13(18)20(31)27-19-14(24)8-7-9-15(19)25/h7-9,11-12,33H,5-6,10H2,1-4H3,(H,27,31). The van der Waals surface area contributed by atoms with Gasteiger partial charge in [0.2, 0.25) is 0 Å². The number of unbranched alkanes of at least 4 members (excludes halogenated alkanes) is 1. The number of hydrogen-bond acceptors (Lipinski definition) is 5. The number of para-hydroxylation sites is 1. The molecular weight excluding hydrogens is 470 g/mol. The molecule has 3 aromatic rings. The summed E-state index contributed by atoms with van der Waals surface area (Å²) in [5, 5.41) is 16.7. The van der Waals surface area contributed by atoms with E-state index in [-0.39, 0.29) is 40.1 Å². The van der Waals surface area contributed by atoms with Gasteiger partial charge in [-0.25, -0.2) is 13.6 Å². The van der Waals surface area contributed by atoms with Crippen molar-refractivity contribution in [2.24, 2.45) is 7.05 Å². The van der Waals surface area contributed by atoms with Crippen molar-refractivity contribution in [3.63, 3.8) is 0 Å². The fourth-order valence-electron chi connectivity index (χ4n) is 3.25.